The molecule has 1 aliphatic rings. The molecule has 1 amide bonds. The zero-order chi connectivity index (χ0) is 14.0. The Balaban J connectivity index is 2.28. The van der Waals surface area contributed by atoms with Gasteiger partial charge in [0.15, 0.2) is 0 Å². The molecule has 6 heteroatoms. The minimum Gasteiger partial charge on any atom is -0.508 e. The number of amides is 1. The molecule has 19 heavy (non-hydrogen) atoms. The number of carboxylic acid groups (broad SMARTS) is 1. The molecular formula is C13H14FNO4. The zero-order valence-electron chi connectivity index (χ0n) is 10.2. The molecule has 0 aliphatic carbocycles. The topological polar surface area (TPSA) is 77.8 Å². The summed E-state index contributed by atoms with van der Waals surface area (Å²) < 4.78 is 13.6. The van der Waals surface area contributed by atoms with Gasteiger partial charge in [0.1, 0.15) is 17.6 Å². The minimum atomic E-state index is -1.08. The van der Waals surface area contributed by atoms with E-state index in [1.54, 1.807) is 0 Å². The lowest BCUT2D eigenvalue weighted by atomic mass is 10.0. The number of halogens is 1. The summed E-state index contributed by atoms with van der Waals surface area (Å²) >= 11 is 0. The second-order valence-electron chi connectivity index (χ2n) is 4.51. The highest BCUT2D eigenvalue weighted by Gasteiger charge is 2.33. The number of phenolic OH excluding ortho intramolecular Hbond substituents is 1. The summed E-state index contributed by atoms with van der Waals surface area (Å²) in [6.07, 6.45) is 1.81. The van der Waals surface area contributed by atoms with Crippen molar-refractivity contribution >= 4 is 11.9 Å². The van der Waals surface area contributed by atoms with E-state index in [0.717, 1.165) is 12.5 Å². The Labute approximate surface area is 109 Å². The van der Waals surface area contributed by atoms with Gasteiger partial charge in [-0.05, 0) is 31.4 Å². The number of rotatable bonds is 2. The van der Waals surface area contributed by atoms with Crippen molar-refractivity contribution in [1.29, 1.82) is 0 Å². The van der Waals surface area contributed by atoms with Crippen LogP contribution in [0.25, 0.3) is 0 Å². The maximum Gasteiger partial charge on any atom is 0.326 e. The van der Waals surface area contributed by atoms with Crippen LogP contribution in [0.5, 0.6) is 5.75 Å². The summed E-state index contributed by atoms with van der Waals surface area (Å²) in [5.74, 6) is -2.85. The van der Waals surface area contributed by atoms with Crippen molar-refractivity contribution in [2.45, 2.75) is 25.3 Å². The number of hydrogen-bond donors (Lipinski definition) is 2. The summed E-state index contributed by atoms with van der Waals surface area (Å²) in [6.45, 7) is 0.302. The van der Waals surface area contributed by atoms with E-state index < -0.39 is 23.7 Å². The van der Waals surface area contributed by atoms with E-state index in [9.17, 15) is 14.0 Å². The molecule has 0 radical (unpaired) electrons. The van der Waals surface area contributed by atoms with Crippen LogP contribution in [0.15, 0.2) is 18.2 Å². The van der Waals surface area contributed by atoms with E-state index in [4.69, 9.17) is 10.2 Å². The number of phenols is 1. The van der Waals surface area contributed by atoms with Crippen molar-refractivity contribution in [2.24, 2.45) is 0 Å². The van der Waals surface area contributed by atoms with Gasteiger partial charge in [0.2, 0.25) is 0 Å². The van der Waals surface area contributed by atoms with Crippen molar-refractivity contribution in [3.8, 4) is 5.75 Å². The molecule has 2 N–H and O–H groups in total. The van der Waals surface area contributed by atoms with E-state index in [0.29, 0.717) is 19.4 Å². The Morgan fingerprint density at radius 1 is 1.32 bits per heavy atom. The summed E-state index contributed by atoms with van der Waals surface area (Å²) in [5, 5.41) is 18.2. The van der Waals surface area contributed by atoms with Gasteiger partial charge in [0.05, 0.1) is 5.56 Å². The maximum atomic E-state index is 13.6. The Kier molecular flexibility index (Phi) is 3.69. The average Bonchev–Trinajstić information content (AvgIpc) is 2.38. The fraction of sp³-hybridized carbons (Fsp3) is 0.385. The molecule has 1 fully saturated rings. The van der Waals surface area contributed by atoms with Gasteiger partial charge in [0.25, 0.3) is 5.91 Å². The molecule has 0 bridgehead atoms. The van der Waals surface area contributed by atoms with Crippen LogP contribution in [0.3, 0.4) is 0 Å². The van der Waals surface area contributed by atoms with Crippen LogP contribution < -0.4 is 0 Å². The molecule has 1 heterocycles. The largest absolute Gasteiger partial charge is 0.508 e. The monoisotopic (exact) mass is 267 g/mol. The number of carboxylic acids is 1. The molecular weight excluding hydrogens is 253 g/mol. The molecule has 102 valence electrons. The molecule has 0 aromatic heterocycles. The van der Waals surface area contributed by atoms with Gasteiger partial charge in [0, 0.05) is 12.6 Å². The lowest BCUT2D eigenvalue weighted by Crippen LogP contribution is -2.48. The molecule has 1 aromatic carbocycles. The second-order valence-corrected chi connectivity index (χ2v) is 4.51. The maximum absolute atomic E-state index is 13.6. The Hall–Kier alpha value is -2.11. The number of nitrogens with zero attached hydrogens (tertiary/aromatic N) is 1. The summed E-state index contributed by atoms with van der Waals surface area (Å²) in [4.78, 5) is 24.5. The van der Waals surface area contributed by atoms with Crippen LogP contribution in [0.4, 0.5) is 4.39 Å². The van der Waals surface area contributed by atoms with Crippen LogP contribution in [0.2, 0.25) is 0 Å². The standard InChI is InChI=1S/C13H14FNO4/c14-10-7-8(16)4-5-9(10)12(17)15-6-2-1-3-11(15)13(18)19/h4-5,7,11,16H,1-3,6H2,(H,18,19). The lowest BCUT2D eigenvalue weighted by Gasteiger charge is -2.33. The summed E-state index contributed by atoms with van der Waals surface area (Å²) in [5.41, 5.74) is -0.217. The lowest BCUT2D eigenvalue weighted by molar-refractivity contribution is -0.143. The first-order valence-corrected chi connectivity index (χ1v) is 6.03. The van der Waals surface area contributed by atoms with Gasteiger partial charge in [-0.15, -0.1) is 0 Å². The van der Waals surface area contributed by atoms with Gasteiger partial charge in [-0.25, -0.2) is 9.18 Å². The van der Waals surface area contributed by atoms with Crippen molar-refractivity contribution in [3.63, 3.8) is 0 Å². The highest BCUT2D eigenvalue weighted by atomic mass is 19.1. The molecule has 5 nitrogen and oxygen atoms in total. The number of benzene rings is 1. The number of aliphatic carboxylic acids is 1. The molecule has 0 saturated carbocycles. The van der Waals surface area contributed by atoms with Crippen LogP contribution in [-0.2, 0) is 4.79 Å². The van der Waals surface area contributed by atoms with Gasteiger partial charge >= 0.3 is 5.97 Å². The highest BCUT2D eigenvalue weighted by Crippen LogP contribution is 2.22. The second kappa shape index (κ2) is 5.26. The third-order valence-corrected chi connectivity index (χ3v) is 3.23. The van der Waals surface area contributed by atoms with Crippen LogP contribution in [0, 0.1) is 5.82 Å². The van der Waals surface area contributed by atoms with Crippen molar-refractivity contribution in [1.82, 2.24) is 4.90 Å². The third kappa shape index (κ3) is 2.67. The fourth-order valence-corrected chi connectivity index (χ4v) is 2.26. The van der Waals surface area contributed by atoms with E-state index >= 15 is 0 Å². The Bertz CT molecular complexity index is 517. The van der Waals surface area contributed by atoms with Gasteiger partial charge in [-0.2, -0.15) is 0 Å². The first kappa shape index (κ1) is 13.3. The van der Waals surface area contributed by atoms with E-state index in [-0.39, 0.29) is 11.3 Å². The normalized spacial score (nSPS) is 19.2. The van der Waals surface area contributed by atoms with Gasteiger partial charge in [-0.1, -0.05) is 0 Å². The first-order chi connectivity index (χ1) is 9.00. The number of piperidine rings is 1. The molecule has 1 aliphatic heterocycles. The predicted octanol–water partition coefficient (Wildman–Crippen LogP) is 1.61. The quantitative estimate of drug-likeness (QED) is 0.853. The smallest absolute Gasteiger partial charge is 0.326 e. The van der Waals surface area contributed by atoms with E-state index in [1.807, 2.05) is 0 Å². The van der Waals surface area contributed by atoms with Crippen LogP contribution in [-0.4, -0.2) is 39.6 Å². The molecule has 2 rings (SSSR count). The van der Waals surface area contributed by atoms with E-state index in [2.05, 4.69) is 0 Å². The van der Waals surface area contributed by atoms with Gasteiger partial charge < -0.3 is 15.1 Å². The third-order valence-electron chi connectivity index (χ3n) is 3.23. The Morgan fingerprint density at radius 2 is 2.05 bits per heavy atom. The molecule has 1 aromatic rings. The van der Waals surface area contributed by atoms with Crippen molar-refractivity contribution in [3.05, 3.63) is 29.6 Å². The predicted molar refractivity (Wildman–Crippen MR) is 64.4 cm³/mol. The Morgan fingerprint density at radius 3 is 2.68 bits per heavy atom. The summed E-state index contributed by atoms with van der Waals surface area (Å²) in [7, 11) is 0. The highest BCUT2D eigenvalue weighted by molar-refractivity contribution is 5.97. The zero-order valence-corrected chi connectivity index (χ0v) is 10.2. The fourth-order valence-electron chi connectivity index (χ4n) is 2.26. The van der Waals surface area contributed by atoms with Crippen molar-refractivity contribution in [2.75, 3.05) is 6.54 Å². The molecule has 1 saturated heterocycles. The number of aromatic hydroxyl groups is 1. The number of hydrogen-bond acceptors (Lipinski definition) is 3. The minimum absolute atomic E-state index is 0.217. The molecule has 1 atom stereocenters. The van der Waals surface area contributed by atoms with Gasteiger partial charge in [-0.3, -0.25) is 4.79 Å². The number of carbonyl (C=O) groups excluding carboxylic acids is 1. The SMILES string of the molecule is O=C(O)C1CCCCN1C(=O)c1ccc(O)cc1F. The van der Waals surface area contributed by atoms with Crippen molar-refractivity contribution < 1.29 is 24.2 Å². The van der Waals surface area contributed by atoms with E-state index in [1.165, 1.54) is 17.0 Å². The van der Waals surface area contributed by atoms with Crippen LogP contribution in [0.1, 0.15) is 29.6 Å². The van der Waals surface area contributed by atoms with Crippen LogP contribution >= 0.6 is 0 Å². The number of likely N-dealkylation sites (tertiary alicyclic amines) is 1. The average molecular weight is 267 g/mol. The first-order valence-electron chi connectivity index (χ1n) is 6.03. The summed E-state index contributed by atoms with van der Waals surface area (Å²) in [6, 6.07) is 2.30. The molecule has 0 spiro atoms. The molecule has 1 unspecified atom stereocenters. The number of carbonyl (C=O) groups is 2.